The van der Waals surface area contributed by atoms with Gasteiger partial charge in [0.25, 0.3) is 5.91 Å². The SMILES string of the molecule is CCNc1cc(C(=O)NCC(C)(C)C)c(Cl)cn1. The summed E-state index contributed by atoms with van der Waals surface area (Å²) in [5, 5.41) is 6.29. The third-order valence-electron chi connectivity index (χ3n) is 2.24. The molecule has 1 aromatic rings. The molecule has 0 bridgehead atoms. The second-order valence-corrected chi connectivity index (χ2v) is 5.73. The Hall–Kier alpha value is -1.29. The maximum absolute atomic E-state index is 12.0. The van der Waals surface area contributed by atoms with E-state index in [-0.39, 0.29) is 11.3 Å². The highest BCUT2D eigenvalue weighted by Crippen LogP contribution is 2.18. The molecule has 1 aromatic heterocycles. The summed E-state index contributed by atoms with van der Waals surface area (Å²) in [5.74, 6) is 0.485. The molecule has 1 amide bonds. The second-order valence-electron chi connectivity index (χ2n) is 5.32. The molecule has 0 radical (unpaired) electrons. The average Bonchev–Trinajstić information content (AvgIpc) is 2.28. The normalized spacial score (nSPS) is 11.2. The molecule has 1 heterocycles. The van der Waals surface area contributed by atoms with Crippen molar-refractivity contribution < 1.29 is 4.79 Å². The highest BCUT2D eigenvalue weighted by atomic mass is 35.5. The molecule has 5 heteroatoms. The number of nitrogens with zero attached hydrogens (tertiary/aromatic N) is 1. The van der Waals surface area contributed by atoms with Crippen molar-refractivity contribution >= 4 is 23.3 Å². The van der Waals surface area contributed by atoms with E-state index < -0.39 is 0 Å². The molecule has 0 saturated carbocycles. The van der Waals surface area contributed by atoms with E-state index in [1.807, 2.05) is 6.92 Å². The first-order chi connectivity index (χ1) is 8.33. The minimum atomic E-state index is -0.170. The van der Waals surface area contributed by atoms with Gasteiger partial charge in [0.2, 0.25) is 0 Å². The topological polar surface area (TPSA) is 54.0 Å². The van der Waals surface area contributed by atoms with Crippen molar-refractivity contribution in [3.63, 3.8) is 0 Å². The number of nitrogens with one attached hydrogen (secondary N) is 2. The summed E-state index contributed by atoms with van der Waals surface area (Å²) >= 11 is 5.99. The third kappa shape index (κ3) is 4.53. The highest BCUT2D eigenvalue weighted by molar-refractivity contribution is 6.33. The fourth-order valence-corrected chi connectivity index (χ4v) is 1.52. The molecule has 0 aliphatic carbocycles. The summed E-state index contributed by atoms with van der Waals surface area (Å²) in [6.45, 7) is 9.50. The van der Waals surface area contributed by atoms with Crippen molar-refractivity contribution in [2.24, 2.45) is 5.41 Å². The van der Waals surface area contributed by atoms with Gasteiger partial charge in [-0.2, -0.15) is 0 Å². The number of carbonyl (C=O) groups excluding carboxylic acids is 1. The van der Waals surface area contributed by atoms with Crippen LogP contribution in [-0.2, 0) is 0 Å². The van der Waals surface area contributed by atoms with Gasteiger partial charge in [-0.1, -0.05) is 32.4 Å². The zero-order valence-electron chi connectivity index (χ0n) is 11.3. The molecular formula is C13H20ClN3O. The molecule has 0 aromatic carbocycles. The highest BCUT2D eigenvalue weighted by Gasteiger charge is 2.15. The Balaban J connectivity index is 2.81. The fourth-order valence-electron chi connectivity index (χ4n) is 1.33. The lowest BCUT2D eigenvalue weighted by atomic mass is 9.97. The monoisotopic (exact) mass is 269 g/mol. The number of pyridine rings is 1. The van der Waals surface area contributed by atoms with E-state index in [1.54, 1.807) is 6.07 Å². The van der Waals surface area contributed by atoms with Crippen LogP contribution >= 0.6 is 11.6 Å². The number of carbonyl (C=O) groups is 1. The van der Waals surface area contributed by atoms with Crippen molar-refractivity contribution in [3.8, 4) is 0 Å². The number of anilines is 1. The maximum atomic E-state index is 12.0. The van der Waals surface area contributed by atoms with Crippen LogP contribution in [-0.4, -0.2) is 24.0 Å². The Morgan fingerprint density at radius 1 is 1.44 bits per heavy atom. The van der Waals surface area contributed by atoms with Crippen molar-refractivity contribution in [1.82, 2.24) is 10.3 Å². The van der Waals surface area contributed by atoms with Gasteiger partial charge in [0.15, 0.2) is 0 Å². The van der Waals surface area contributed by atoms with Gasteiger partial charge in [-0.15, -0.1) is 0 Å². The van der Waals surface area contributed by atoms with Gasteiger partial charge in [-0.3, -0.25) is 4.79 Å². The van der Waals surface area contributed by atoms with Crippen LogP contribution in [0.2, 0.25) is 5.02 Å². The van der Waals surface area contributed by atoms with Crippen LogP contribution in [0, 0.1) is 5.41 Å². The van der Waals surface area contributed by atoms with E-state index in [9.17, 15) is 4.79 Å². The molecule has 2 N–H and O–H groups in total. The van der Waals surface area contributed by atoms with Crippen molar-refractivity contribution in [3.05, 3.63) is 22.8 Å². The number of aromatic nitrogens is 1. The van der Waals surface area contributed by atoms with Gasteiger partial charge >= 0.3 is 0 Å². The van der Waals surface area contributed by atoms with Crippen molar-refractivity contribution in [1.29, 1.82) is 0 Å². The predicted octanol–water partition coefficient (Wildman–Crippen LogP) is 2.94. The van der Waals surface area contributed by atoms with Gasteiger partial charge in [0.1, 0.15) is 5.82 Å². The van der Waals surface area contributed by atoms with Crippen LogP contribution in [0.25, 0.3) is 0 Å². The largest absolute Gasteiger partial charge is 0.370 e. The number of rotatable bonds is 4. The van der Waals surface area contributed by atoms with Gasteiger partial charge in [-0.05, 0) is 18.4 Å². The maximum Gasteiger partial charge on any atom is 0.253 e. The molecule has 0 saturated heterocycles. The molecule has 0 atom stereocenters. The predicted molar refractivity (Wildman–Crippen MR) is 75.2 cm³/mol. The lowest BCUT2D eigenvalue weighted by Gasteiger charge is -2.19. The van der Waals surface area contributed by atoms with Crippen LogP contribution in [0.3, 0.4) is 0 Å². The van der Waals surface area contributed by atoms with E-state index in [2.05, 4.69) is 36.4 Å². The van der Waals surface area contributed by atoms with Gasteiger partial charge in [0.05, 0.1) is 10.6 Å². The summed E-state index contributed by atoms with van der Waals surface area (Å²) in [6, 6.07) is 1.67. The van der Waals surface area contributed by atoms with Gasteiger partial charge in [-0.25, -0.2) is 4.98 Å². The fraction of sp³-hybridized carbons (Fsp3) is 0.538. The Labute approximate surface area is 113 Å². The lowest BCUT2D eigenvalue weighted by molar-refractivity contribution is 0.0939. The molecule has 0 unspecified atom stereocenters. The molecule has 100 valence electrons. The van der Waals surface area contributed by atoms with E-state index >= 15 is 0 Å². The van der Waals surface area contributed by atoms with Gasteiger partial charge < -0.3 is 10.6 Å². The Kier molecular flexibility index (Phi) is 4.96. The summed E-state index contributed by atoms with van der Waals surface area (Å²) in [4.78, 5) is 16.1. The third-order valence-corrected chi connectivity index (χ3v) is 2.54. The molecule has 0 aliphatic heterocycles. The van der Waals surface area contributed by atoms with E-state index in [1.165, 1.54) is 6.20 Å². The number of amides is 1. The number of hydrogen-bond donors (Lipinski definition) is 2. The van der Waals surface area contributed by atoms with Crippen LogP contribution < -0.4 is 10.6 Å². The van der Waals surface area contributed by atoms with E-state index in [4.69, 9.17) is 11.6 Å². The molecule has 0 fully saturated rings. The zero-order chi connectivity index (χ0) is 13.8. The first kappa shape index (κ1) is 14.8. The standard InChI is InChI=1S/C13H20ClN3O/c1-5-15-11-6-9(10(14)7-16-11)12(18)17-8-13(2,3)4/h6-7H,5,8H2,1-4H3,(H,15,16)(H,17,18). The average molecular weight is 270 g/mol. The van der Waals surface area contributed by atoms with Crippen LogP contribution in [0.1, 0.15) is 38.1 Å². The van der Waals surface area contributed by atoms with E-state index in [0.717, 1.165) is 6.54 Å². The molecule has 18 heavy (non-hydrogen) atoms. The summed E-state index contributed by atoms with van der Waals surface area (Å²) in [5.41, 5.74) is 0.492. The Bertz CT molecular complexity index is 427. The first-order valence-corrected chi connectivity index (χ1v) is 6.39. The molecule has 1 rings (SSSR count). The minimum Gasteiger partial charge on any atom is -0.370 e. The summed E-state index contributed by atoms with van der Waals surface area (Å²) < 4.78 is 0. The number of hydrogen-bond acceptors (Lipinski definition) is 3. The lowest BCUT2D eigenvalue weighted by Crippen LogP contribution is -2.32. The minimum absolute atomic E-state index is 0.0413. The molecule has 0 spiro atoms. The summed E-state index contributed by atoms with van der Waals surface area (Å²) in [7, 11) is 0. The van der Waals surface area contributed by atoms with Crippen LogP contribution in [0.5, 0.6) is 0 Å². The molecule has 4 nitrogen and oxygen atoms in total. The van der Waals surface area contributed by atoms with Crippen molar-refractivity contribution in [2.75, 3.05) is 18.4 Å². The van der Waals surface area contributed by atoms with E-state index in [0.29, 0.717) is 22.9 Å². The second kappa shape index (κ2) is 6.05. The quantitative estimate of drug-likeness (QED) is 0.884. The zero-order valence-corrected chi connectivity index (χ0v) is 12.1. The molecular weight excluding hydrogens is 250 g/mol. The Morgan fingerprint density at radius 2 is 2.11 bits per heavy atom. The summed E-state index contributed by atoms with van der Waals surface area (Å²) in [6.07, 6.45) is 1.49. The number of halogens is 1. The van der Waals surface area contributed by atoms with Gasteiger partial charge in [0, 0.05) is 19.3 Å². The molecule has 0 aliphatic rings. The first-order valence-electron chi connectivity index (χ1n) is 6.01. The van der Waals surface area contributed by atoms with Crippen LogP contribution in [0.15, 0.2) is 12.3 Å². The smallest absolute Gasteiger partial charge is 0.253 e. The Morgan fingerprint density at radius 3 is 2.67 bits per heavy atom. The van der Waals surface area contributed by atoms with Crippen molar-refractivity contribution in [2.45, 2.75) is 27.7 Å². The van der Waals surface area contributed by atoms with Crippen LogP contribution in [0.4, 0.5) is 5.82 Å².